The molecule has 0 bridgehead atoms. The first-order valence-electron chi connectivity index (χ1n) is 7.96. The number of hydrogen-bond acceptors (Lipinski definition) is 6. The van der Waals surface area contributed by atoms with Crippen molar-refractivity contribution >= 4 is 34.5 Å². The standard InChI is InChI=1S/C19H20INO6/c1-24-15-9-17(26-3)16(25-2)8-13(15)10-21-18(22)11-27-19(23)12-4-6-14(20)7-5-12/h4-9H,10-11H2,1-3H3,(H,21,22). The zero-order chi connectivity index (χ0) is 19.8. The van der Waals surface area contributed by atoms with Crippen LogP contribution in [0.3, 0.4) is 0 Å². The zero-order valence-electron chi connectivity index (χ0n) is 15.2. The van der Waals surface area contributed by atoms with Crippen molar-refractivity contribution in [3.05, 3.63) is 51.1 Å². The van der Waals surface area contributed by atoms with Gasteiger partial charge in [0.15, 0.2) is 18.1 Å². The highest BCUT2D eigenvalue weighted by molar-refractivity contribution is 14.1. The first-order valence-corrected chi connectivity index (χ1v) is 9.04. The van der Waals surface area contributed by atoms with E-state index in [2.05, 4.69) is 27.9 Å². The number of esters is 1. The normalized spacial score (nSPS) is 10.1. The molecule has 2 rings (SSSR count). The number of nitrogens with one attached hydrogen (secondary N) is 1. The van der Waals surface area contributed by atoms with E-state index >= 15 is 0 Å². The first-order chi connectivity index (χ1) is 13.0. The summed E-state index contributed by atoms with van der Waals surface area (Å²) in [6, 6.07) is 10.3. The van der Waals surface area contributed by atoms with Crippen LogP contribution in [0.1, 0.15) is 15.9 Å². The lowest BCUT2D eigenvalue weighted by Crippen LogP contribution is -2.28. The number of carbonyl (C=O) groups excluding carboxylic acids is 2. The van der Waals surface area contributed by atoms with Crippen LogP contribution in [0.25, 0.3) is 0 Å². The van der Waals surface area contributed by atoms with Gasteiger partial charge in [0.2, 0.25) is 0 Å². The van der Waals surface area contributed by atoms with Crippen LogP contribution in [0.15, 0.2) is 36.4 Å². The second-order valence-electron chi connectivity index (χ2n) is 5.38. The van der Waals surface area contributed by atoms with Crippen molar-refractivity contribution in [3.63, 3.8) is 0 Å². The molecule has 0 saturated heterocycles. The average Bonchev–Trinajstić information content (AvgIpc) is 2.70. The van der Waals surface area contributed by atoms with Crippen LogP contribution in [-0.4, -0.2) is 39.8 Å². The molecule has 0 aromatic heterocycles. The molecule has 0 aliphatic carbocycles. The summed E-state index contributed by atoms with van der Waals surface area (Å²) in [6.07, 6.45) is 0. The Kier molecular flexibility index (Phi) is 7.71. The minimum absolute atomic E-state index is 0.184. The lowest BCUT2D eigenvalue weighted by Gasteiger charge is -2.14. The molecule has 7 nitrogen and oxygen atoms in total. The topological polar surface area (TPSA) is 83.1 Å². The van der Waals surface area contributed by atoms with E-state index in [0.29, 0.717) is 28.4 Å². The Morgan fingerprint density at radius 3 is 2.11 bits per heavy atom. The quantitative estimate of drug-likeness (QED) is 0.458. The van der Waals surface area contributed by atoms with Gasteiger partial charge >= 0.3 is 5.97 Å². The van der Waals surface area contributed by atoms with Gasteiger partial charge in [-0.05, 0) is 52.9 Å². The van der Waals surface area contributed by atoms with Crippen molar-refractivity contribution in [2.75, 3.05) is 27.9 Å². The number of carbonyl (C=O) groups is 2. The van der Waals surface area contributed by atoms with Gasteiger partial charge in [-0.2, -0.15) is 0 Å². The molecular weight excluding hydrogens is 465 g/mol. The molecule has 2 aromatic carbocycles. The third-order valence-electron chi connectivity index (χ3n) is 3.68. The summed E-state index contributed by atoms with van der Waals surface area (Å²) >= 11 is 2.14. The van der Waals surface area contributed by atoms with E-state index in [0.717, 1.165) is 3.57 Å². The van der Waals surface area contributed by atoms with Crippen LogP contribution in [0.2, 0.25) is 0 Å². The highest BCUT2D eigenvalue weighted by atomic mass is 127. The number of hydrogen-bond donors (Lipinski definition) is 1. The van der Waals surface area contributed by atoms with E-state index in [1.54, 1.807) is 36.4 Å². The van der Waals surface area contributed by atoms with E-state index in [9.17, 15) is 9.59 Å². The van der Waals surface area contributed by atoms with Gasteiger partial charge in [-0.25, -0.2) is 4.79 Å². The summed E-state index contributed by atoms with van der Waals surface area (Å²) in [5, 5.41) is 2.68. The Bertz CT molecular complexity index is 807. The fraction of sp³-hybridized carbons (Fsp3) is 0.263. The van der Waals surface area contributed by atoms with Crippen LogP contribution >= 0.6 is 22.6 Å². The van der Waals surface area contributed by atoms with E-state index in [-0.39, 0.29) is 13.2 Å². The Labute approximate surface area is 171 Å². The maximum atomic E-state index is 12.0. The lowest BCUT2D eigenvalue weighted by molar-refractivity contribution is -0.124. The average molecular weight is 485 g/mol. The van der Waals surface area contributed by atoms with E-state index in [1.165, 1.54) is 21.3 Å². The molecule has 0 aliphatic rings. The summed E-state index contributed by atoms with van der Waals surface area (Å²) in [5.41, 5.74) is 1.09. The van der Waals surface area contributed by atoms with Gasteiger partial charge in [-0.1, -0.05) is 0 Å². The van der Waals surface area contributed by atoms with E-state index in [1.807, 2.05) is 0 Å². The van der Waals surface area contributed by atoms with Crippen molar-refractivity contribution in [1.82, 2.24) is 5.32 Å². The van der Waals surface area contributed by atoms with Crippen molar-refractivity contribution in [2.45, 2.75) is 6.54 Å². The fourth-order valence-corrected chi connectivity index (χ4v) is 2.64. The lowest BCUT2D eigenvalue weighted by atomic mass is 10.1. The largest absolute Gasteiger partial charge is 0.496 e. The Balaban J connectivity index is 1.93. The molecule has 144 valence electrons. The maximum Gasteiger partial charge on any atom is 0.338 e. The molecule has 0 fully saturated rings. The number of halogens is 1. The number of rotatable bonds is 8. The molecule has 27 heavy (non-hydrogen) atoms. The molecule has 0 saturated carbocycles. The Morgan fingerprint density at radius 1 is 0.926 bits per heavy atom. The van der Waals surface area contributed by atoms with Gasteiger partial charge in [0.1, 0.15) is 5.75 Å². The zero-order valence-corrected chi connectivity index (χ0v) is 17.4. The minimum atomic E-state index is -0.551. The number of ether oxygens (including phenoxy) is 4. The van der Waals surface area contributed by atoms with Gasteiger partial charge < -0.3 is 24.3 Å². The molecule has 0 heterocycles. The van der Waals surface area contributed by atoms with Crippen LogP contribution in [0, 0.1) is 3.57 Å². The van der Waals surface area contributed by atoms with E-state index in [4.69, 9.17) is 18.9 Å². The molecule has 0 radical (unpaired) electrons. The summed E-state index contributed by atoms with van der Waals surface area (Å²) in [5.74, 6) is 0.614. The van der Waals surface area contributed by atoms with Gasteiger partial charge in [-0.3, -0.25) is 4.79 Å². The molecule has 1 amide bonds. The monoisotopic (exact) mass is 485 g/mol. The van der Waals surface area contributed by atoms with Crippen LogP contribution in [-0.2, 0) is 16.1 Å². The number of methoxy groups -OCH3 is 3. The molecule has 0 aliphatic heterocycles. The third-order valence-corrected chi connectivity index (χ3v) is 4.40. The van der Waals surface area contributed by atoms with Crippen molar-refractivity contribution in [3.8, 4) is 17.2 Å². The third kappa shape index (κ3) is 5.75. The van der Waals surface area contributed by atoms with Gasteiger partial charge in [0.25, 0.3) is 5.91 Å². The molecule has 0 spiro atoms. The van der Waals surface area contributed by atoms with Crippen molar-refractivity contribution in [1.29, 1.82) is 0 Å². The Morgan fingerprint density at radius 2 is 1.52 bits per heavy atom. The molecular formula is C19H20INO6. The number of amides is 1. The molecule has 8 heteroatoms. The minimum Gasteiger partial charge on any atom is -0.496 e. The van der Waals surface area contributed by atoms with Crippen LogP contribution in [0.5, 0.6) is 17.2 Å². The Hall–Kier alpha value is -2.49. The van der Waals surface area contributed by atoms with Gasteiger partial charge in [0, 0.05) is 21.7 Å². The smallest absolute Gasteiger partial charge is 0.338 e. The highest BCUT2D eigenvalue weighted by Crippen LogP contribution is 2.34. The first kappa shape index (κ1) is 20.8. The van der Waals surface area contributed by atoms with Gasteiger partial charge in [0.05, 0.1) is 26.9 Å². The second kappa shape index (κ2) is 10.0. The fourth-order valence-electron chi connectivity index (χ4n) is 2.28. The second-order valence-corrected chi connectivity index (χ2v) is 6.62. The van der Waals surface area contributed by atoms with Crippen LogP contribution in [0.4, 0.5) is 0 Å². The highest BCUT2D eigenvalue weighted by Gasteiger charge is 2.14. The van der Waals surface area contributed by atoms with E-state index < -0.39 is 11.9 Å². The van der Waals surface area contributed by atoms with Gasteiger partial charge in [-0.15, -0.1) is 0 Å². The molecule has 1 N–H and O–H groups in total. The maximum absolute atomic E-state index is 12.0. The number of benzene rings is 2. The SMILES string of the molecule is COc1cc(OC)c(OC)cc1CNC(=O)COC(=O)c1ccc(I)cc1. The summed E-state index contributed by atoms with van der Waals surface area (Å²) in [7, 11) is 4.58. The van der Waals surface area contributed by atoms with Crippen LogP contribution < -0.4 is 19.5 Å². The molecule has 0 atom stereocenters. The summed E-state index contributed by atoms with van der Waals surface area (Å²) < 4.78 is 21.8. The van der Waals surface area contributed by atoms with Crippen molar-refractivity contribution < 1.29 is 28.5 Å². The predicted molar refractivity (Wildman–Crippen MR) is 107 cm³/mol. The summed E-state index contributed by atoms with van der Waals surface area (Å²) in [6.45, 7) is -0.191. The molecule has 0 unspecified atom stereocenters. The van der Waals surface area contributed by atoms with Crippen molar-refractivity contribution in [2.24, 2.45) is 0 Å². The molecule has 2 aromatic rings. The summed E-state index contributed by atoms with van der Waals surface area (Å²) in [4.78, 5) is 23.9. The predicted octanol–water partition coefficient (Wildman–Crippen LogP) is 2.79.